The lowest BCUT2D eigenvalue weighted by molar-refractivity contribution is 0.452. The van der Waals surface area contributed by atoms with Crippen LogP contribution in [0.4, 0.5) is 0 Å². The van der Waals surface area contributed by atoms with Gasteiger partial charge in [-0.3, -0.25) is 0 Å². The second kappa shape index (κ2) is 6.64. The Bertz CT molecular complexity index is 877. The minimum Gasteiger partial charge on any atom is -0.508 e. The molecule has 2 N–H and O–H groups in total. The van der Waals surface area contributed by atoms with Gasteiger partial charge in [-0.05, 0) is 46.9 Å². The maximum absolute atomic E-state index is 10.4. The summed E-state index contributed by atoms with van der Waals surface area (Å²) in [5.41, 5.74) is 5.34. The Kier molecular flexibility index (Phi) is 4.54. The lowest BCUT2D eigenvalue weighted by Crippen LogP contribution is -2.21. The highest BCUT2D eigenvalue weighted by Gasteiger charge is 2.28. The van der Waals surface area contributed by atoms with E-state index in [0.29, 0.717) is 5.75 Å². The smallest absolute Gasteiger partial charge is 0.119 e. The number of rotatable bonds is 4. The third-order valence-electron chi connectivity index (χ3n) is 4.96. The first kappa shape index (κ1) is 17.1. The number of aromatic hydroxyl groups is 2. The van der Waals surface area contributed by atoms with Crippen LogP contribution in [0.2, 0.25) is 0 Å². The van der Waals surface area contributed by atoms with Crippen molar-refractivity contribution in [3.8, 4) is 22.6 Å². The van der Waals surface area contributed by atoms with Crippen LogP contribution in [0.1, 0.15) is 37.5 Å². The van der Waals surface area contributed by atoms with Crippen LogP contribution in [0.15, 0.2) is 66.7 Å². The molecule has 3 rings (SSSR count). The fraction of sp³-hybridized carbons (Fsp3) is 0.217. The number of hydrogen-bond acceptors (Lipinski definition) is 2. The van der Waals surface area contributed by atoms with Crippen LogP contribution in [0.25, 0.3) is 11.1 Å². The number of hydrogen-bond donors (Lipinski definition) is 2. The van der Waals surface area contributed by atoms with E-state index in [1.165, 1.54) is 16.7 Å². The topological polar surface area (TPSA) is 40.5 Å². The van der Waals surface area contributed by atoms with E-state index in [4.69, 9.17) is 0 Å². The van der Waals surface area contributed by atoms with E-state index in [2.05, 4.69) is 39.0 Å². The molecule has 0 aliphatic carbocycles. The molecule has 128 valence electrons. The second-order valence-electron chi connectivity index (χ2n) is 6.87. The highest BCUT2D eigenvalue weighted by molar-refractivity contribution is 5.70. The molecule has 0 fully saturated rings. The third-order valence-corrected chi connectivity index (χ3v) is 4.96. The zero-order chi connectivity index (χ0) is 18.0. The first-order valence-corrected chi connectivity index (χ1v) is 8.65. The maximum Gasteiger partial charge on any atom is 0.119 e. The van der Waals surface area contributed by atoms with Crippen molar-refractivity contribution in [1.29, 1.82) is 0 Å². The van der Waals surface area contributed by atoms with Crippen molar-refractivity contribution >= 4 is 0 Å². The first-order valence-electron chi connectivity index (χ1n) is 8.65. The van der Waals surface area contributed by atoms with Gasteiger partial charge in [-0.2, -0.15) is 0 Å². The summed E-state index contributed by atoms with van der Waals surface area (Å²) in [6, 6.07) is 21.2. The molecular weight excluding hydrogens is 308 g/mol. The fourth-order valence-corrected chi connectivity index (χ4v) is 3.61. The monoisotopic (exact) mass is 332 g/mol. The van der Waals surface area contributed by atoms with Crippen molar-refractivity contribution in [2.45, 2.75) is 32.6 Å². The van der Waals surface area contributed by atoms with Gasteiger partial charge in [0, 0.05) is 11.0 Å². The van der Waals surface area contributed by atoms with Crippen LogP contribution < -0.4 is 0 Å². The van der Waals surface area contributed by atoms with E-state index in [0.717, 1.165) is 17.5 Å². The summed E-state index contributed by atoms with van der Waals surface area (Å²) in [7, 11) is 0. The van der Waals surface area contributed by atoms with Crippen LogP contribution in [0, 0.1) is 0 Å². The highest BCUT2D eigenvalue weighted by atomic mass is 16.3. The van der Waals surface area contributed by atoms with Crippen LogP contribution in [0.5, 0.6) is 11.5 Å². The van der Waals surface area contributed by atoms with Crippen molar-refractivity contribution in [1.82, 2.24) is 0 Å². The molecule has 0 aromatic heterocycles. The van der Waals surface area contributed by atoms with Crippen LogP contribution >= 0.6 is 0 Å². The summed E-state index contributed by atoms with van der Waals surface area (Å²) in [5.74, 6) is 0.595. The molecule has 25 heavy (non-hydrogen) atoms. The molecule has 2 nitrogen and oxygen atoms in total. The number of phenolic OH excluding ortho intramolecular Hbond substituents is 2. The van der Waals surface area contributed by atoms with Gasteiger partial charge in [-0.25, -0.2) is 0 Å². The van der Waals surface area contributed by atoms with Gasteiger partial charge in [0.2, 0.25) is 0 Å². The van der Waals surface area contributed by atoms with Crippen molar-refractivity contribution in [2.24, 2.45) is 0 Å². The predicted molar refractivity (Wildman–Crippen MR) is 103 cm³/mol. The van der Waals surface area contributed by atoms with E-state index in [1.54, 1.807) is 18.2 Å². The van der Waals surface area contributed by atoms with Crippen LogP contribution in [-0.4, -0.2) is 10.2 Å². The standard InChI is InChI=1S/C23H24O2/c1-4-18-19(16-12-14-17(24)15-13-16)8-7-10-20(18)23(2,3)21-9-5-6-11-22(21)25/h5-15,24-25H,4H2,1-3H3. The molecule has 3 aromatic carbocycles. The second-order valence-corrected chi connectivity index (χ2v) is 6.87. The largest absolute Gasteiger partial charge is 0.508 e. The fourth-order valence-electron chi connectivity index (χ4n) is 3.61. The van der Waals surface area contributed by atoms with Gasteiger partial charge in [-0.15, -0.1) is 0 Å². The Morgan fingerprint density at radius 3 is 2.04 bits per heavy atom. The normalized spacial score (nSPS) is 11.5. The molecule has 3 aromatic rings. The average molecular weight is 332 g/mol. The Morgan fingerprint density at radius 1 is 0.760 bits per heavy atom. The molecule has 0 saturated carbocycles. The van der Waals surface area contributed by atoms with Gasteiger partial charge in [0.15, 0.2) is 0 Å². The molecule has 0 aliphatic rings. The van der Waals surface area contributed by atoms with E-state index in [9.17, 15) is 10.2 Å². The van der Waals surface area contributed by atoms with Crippen molar-refractivity contribution in [3.05, 3.63) is 83.4 Å². The molecule has 0 atom stereocenters. The Labute approximate surface area is 149 Å². The van der Waals surface area contributed by atoms with Crippen molar-refractivity contribution in [3.63, 3.8) is 0 Å². The quantitative estimate of drug-likeness (QED) is 0.648. The van der Waals surface area contributed by atoms with E-state index < -0.39 is 0 Å². The van der Waals surface area contributed by atoms with Crippen molar-refractivity contribution < 1.29 is 10.2 Å². The third kappa shape index (κ3) is 3.12. The molecule has 0 unspecified atom stereocenters. The summed E-state index contributed by atoms with van der Waals surface area (Å²) in [6.07, 6.45) is 0.892. The number of benzene rings is 3. The summed E-state index contributed by atoms with van der Waals surface area (Å²) in [5, 5.41) is 19.9. The van der Waals surface area contributed by atoms with E-state index in [1.807, 2.05) is 30.3 Å². The molecule has 0 saturated heterocycles. The first-order chi connectivity index (χ1) is 11.9. The lowest BCUT2D eigenvalue weighted by atomic mass is 9.74. The molecule has 0 radical (unpaired) electrons. The minimum absolute atomic E-state index is 0.271. The summed E-state index contributed by atoms with van der Waals surface area (Å²) < 4.78 is 0. The molecule has 0 amide bonds. The number of phenols is 2. The molecule has 0 bridgehead atoms. The zero-order valence-electron chi connectivity index (χ0n) is 15.0. The maximum atomic E-state index is 10.4. The average Bonchev–Trinajstić information content (AvgIpc) is 2.62. The molecule has 0 spiro atoms. The summed E-state index contributed by atoms with van der Waals surface area (Å²) >= 11 is 0. The summed E-state index contributed by atoms with van der Waals surface area (Å²) in [6.45, 7) is 6.46. The van der Waals surface area contributed by atoms with Gasteiger partial charge in [0.05, 0.1) is 0 Å². The van der Waals surface area contributed by atoms with Crippen molar-refractivity contribution in [2.75, 3.05) is 0 Å². The Balaban J connectivity index is 2.19. The van der Waals surface area contributed by atoms with Gasteiger partial charge in [0.1, 0.15) is 11.5 Å². The molecule has 0 heterocycles. The predicted octanol–water partition coefficient (Wildman–Crippen LogP) is 5.65. The zero-order valence-corrected chi connectivity index (χ0v) is 15.0. The SMILES string of the molecule is CCc1c(-c2ccc(O)cc2)cccc1C(C)(C)c1ccccc1O. The van der Waals surface area contributed by atoms with E-state index >= 15 is 0 Å². The molecular formula is C23H24O2. The van der Waals surface area contributed by atoms with Gasteiger partial charge in [-0.1, -0.05) is 69.3 Å². The minimum atomic E-state index is -0.316. The number of para-hydroxylation sites is 1. The molecule has 0 aliphatic heterocycles. The Hall–Kier alpha value is -2.74. The lowest BCUT2D eigenvalue weighted by Gasteiger charge is -2.30. The van der Waals surface area contributed by atoms with Crippen LogP contribution in [-0.2, 0) is 11.8 Å². The van der Waals surface area contributed by atoms with Crippen LogP contribution in [0.3, 0.4) is 0 Å². The molecule has 2 heteroatoms. The van der Waals surface area contributed by atoms with Gasteiger partial charge < -0.3 is 10.2 Å². The summed E-state index contributed by atoms with van der Waals surface area (Å²) in [4.78, 5) is 0. The van der Waals surface area contributed by atoms with Gasteiger partial charge >= 0.3 is 0 Å². The highest BCUT2D eigenvalue weighted by Crippen LogP contribution is 2.41. The van der Waals surface area contributed by atoms with Gasteiger partial charge in [0.25, 0.3) is 0 Å². The Morgan fingerprint density at radius 2 is 1.40 bits per heavy atom. The van der Waals surface area contributed by atoms with E-state index in [-0.39, 0.29) is 11.2 Å².